The molecule has 0 amide bonds. The molecule has 0 atom stereocenters. The van der Waals surface area contributed by atoms with E-state index in [0.717, 1.165) is 17.1 Å². The number of hydrogen-bond donors (Lipinski definition) is 2. The summed E-state index contributed by atoms with van der Waals surface area (Å²) in [5.74, 6) is 1.99. The van der Waals surface area contributed by atoms with Gasteiger partial charge in [0, 0.05) is 17.3 Å². The molecule has 0 spiro atoms. The second-order valence-corrected chi connectivity index (χ2v) is 5.38. The Kier molecular flexibility index (Phi) is 4.89. The molecule has 3 rings (SSSR count). The van der Waals surface area contributed by atoms with Crippen molar-refractivity contribution in [3.8, 4) is 5.75 Å². The van der Waals surface area contributed by atoms with Crippen LogP contribution >= 0.6 is 0 Å². The van der Waals surface area contributed by atoms with Gasteiger partial charge in [-0.1, -0.05) is 24.3 Å². The second-order valence-electron chi connectivity index (χ2n) is 5.38. The van der Waals surface area contributed by atoms with Gasteiger partial charge in [0.05, 0.1) is 12.8 Å². The summed E-state index contributed by atoms with van der Waals surface area (Å²) in [6.07, 6.45) is 1.47. The van der Waals surface area contributed by atoms with E-state index in [-0.39, 0.29) is 5.78 Å². The number of methoxy groups -OCH3 is 1. The zero-order valence-electron chi connectivity index (χ0n) is 14.0. The van der Waals surface area contributed by atoms with Gasteiger partial charge in [-0.15, -0.1) is 0 Å². The van der Waals surface area contributed by atoms with Crippen LogP contribution < -0.4 is 15.4 Å². The molecule has 6 heteroatoms. The molecule has 6 nitrogen and oxygen atoms in total. The molecule has 0 radical (unpaired) electrons. The third kappa shape index (κ3) is 4.11. The maximum absolute atomic E-state index is 11.5. The highest BCUT2D eigenvalue weighted by molar-refractivity contribution is 5.95. The molecule has 0 saturated carbocycles. The number of nitrogens with zero attached hydrogens (tertiary/aromatic N) is 2. The summed E-state index contributed by atoms with van der Waals surface area (Å²) < 4.78 is 5.33. The highest BCUT2D eigenvalue weighted by atomic mass is 16.5. The van der Waals surface area contributed by atoms with E-state index in [2.05, 4.69) is 20.6 Å². The first-order chi connectivity index (χ1) is 12.2. The summed E-state index contributed by atoms with van der Waals surface area (Å²) in [4.78, 5) is 19.9. The number of nitrogens with one attached hydrogen (secondary N) is 2. The summed E-state index contributed by atoms with van der Waals surface area (Å²) >= 11 is 0. The number of anilines is 4. The lowest BCUT2D eigenvalue weighted by molar-refractivity contribution is 0.101. The van der Waals surface area contributed by atoms with Gasteiger partial charge in [-0.2, -0.15) is 0 Å². The molecule has 2 N–H and O–H groups in total. The van der Waals surface area contributed by atoms with Gasteiger partial charge in [-0.05, 0) is 31.2 Å². The number of benzene rings is 2. The summed E-state index contributed by atoms with van der Waals surface area (Å²) in [5.41, 5.74) is 2.24. The molecule has 126 valence electrons. The fourth-order valence-corrected chi connectivity index (χ4v) is 2.34. The van der Waals surface area contributed by atoms with Crippen LogP contribution in [0.25, 0.3) is 0 Å². The van der Waals surface area contributed by atoms with Crippen LogP contribution in [0.2, 0.25) is 0 Å². The fraction of sp³-hybridized carbons (Fsp3) is 0.105. The number of rotatable bonds is 6. The van der Waals surface area contributed by atoms with Crippen LogP contribution in [0.5, 0.6) is 5.75 Å². The number of para-hydroxylation sites is 2. The summed E-state index contributed by atoms with van der Waals surface area (Å²) in [6, 6.07) is 16.7. The van der Waals surface area contributed by atoms with Gasteiger partial charge >= 0.3 is 0 Å². The minimum atomic E-state index is 0.0184. The molecule has 0 saturated heterocycles. The van der Waals surface area contributed by atoms with Gasteiger partial charge < -0.3 is 15.4 Å². The van der Waals surface area contributed by atoms with Crippen molar-refractivity contribution < 1.29 is 9.53 Å². The molecule has 0 bridgehead atoms. The third-order valence-electron chi connectivity index (χ3n) is 3.58. The molecule has 0 aliphatic carbocycles. The first-order valence-corrected chi connectivity index (χ1v) is 7.76. The van der Waals surface area contributed by atoms with Crippen molar-refractivity contribution in [2.45, 2.75) is 6.92 Å². The minimum Gasteiger partial charge on any atom is -0.495 e. The summed E-state index contributed by atoms with van der Waals surface area (Å²) in [7, 11) is 1.62. The van der Waals surface area contributed by atoms with Crippen LogP contribution in [-0.2, 0) is 0 Å². The van der Waals surface area contributed by atoms with Crippen molar-refractivity contribution in [1.82, 2.24) is 9.97 Å². The lowest BCUT2D eigenvalue weighted by Gasteiger charge is -2.11. The Bertz CT molecular complexity index is 896. The first-order valence-electron chi connectivity index (χ1n) is 7.76. The largest absolute Gasteiger partial charge is 0.495 e. The molecule has 0 fully saturated rings. The number of ether oxygens (including phenoxy) is 1. The molecule has 3 aromatic rings. The van der Waals surface area contributed by atoms with Crippen LogP contribution in [0.1, 0.15) is 17.3 Å². The molecular formula is C19H18N4O2. The molecule has 0 aliphatic heterocycles. The van der Waals surface area contributed by atoms with Gasteiger partial charge in [-0.3, -0.25) is 4.79 Å². The van der Waals surface area contributed by atoms with E-state index in [4.69, 9.17) is 4.74 Å². The lowest BCUT2D eigenvalue weighted by Crippen LogP contribution is -2.00. The summed E-state index contributed by atoms with van der Waals surface area (Å²) in [6.45, 7) is 1.54. The van der Waals surface area contributed by atoms with Crippen molar-refractivity contribution in [1.29, 1.82) is 0 Å². The maximum atomic E-state index is 11.5. The van der Waals surface area contributed by atoms with Crippen LogP contribution in [0, 0.1) is 0 Å². The van der Waals surface area contributed by atoms with Crippen LogP contribution in [0.3, 0.4) is 0 Å². The number of carbonyl (C=O) groups is 1. The van der Waals surface area contributed by atoms with Gasteiger partial charge in [0.25, 0.3) is 0 Å². The van der Waals surface area contributed by atoms with Gasteiger partial charge in [0.15, 0.2) is 5.78 Å². The number of aromatic nitrogens is 2. The van der Waals surface area contributed by atoms with E-state index in [1.165, 1.54) is 6.33 Å². The number of Topliss-reactive ketones (excluding diaryl/α,β-unsaturated/α-hetero) is 1. The normalized spacial score (nSPS) is 10.2. The van der Waals surface area contributed by atoms with Crippen molar-refractivity contribution in [3.05, 3.63) is 66.5 Å². The number of carbonyl (C=O) groups excluding carboxylic acids is 1. The molecule has 0 aliphatic rings. The molecule has 25 heavy (non-hydrogen) atoms. The van der Waals surface area contributed by atoms with E-state index in [0.29, 0.717) is 17.2 Å². The van der Waals surface area contributed by atoms with Crippen LogP contribution in [-0.4, -0.2) is 22.9 Å². The minimum absolute atomic E-state index is 0.0184. The quantitative estimate of drug-likeness (QED) is 0.659. The predicted octanol–water partition coefficient (Wildman–Crippen LogP) is 4.18. The standard InChI is InChI=1S/C19H18N4O2/c1-13(24)14-6-5-7-15(10-14)22-18-11-19(21-12-20-18)23-16-8-3-4-9-17(16)25-2/h3-12H,1-2H3,(H2,20,21,22,23). The maximum Gasteiger partial charge on any atom is 0.159 e. The van der Waals surface area contributed by atoms with E-state index in [1.54, 1.807) is 32.2 Å². The fourth-order valence-electron chi connectivity index (χ4n) is 2.34. The molecule has 1 aromatic heterocycles. The smallest absolute Gasteiger partial charge is 0.159 e. The average Bonchev–Trinajstić information content (AvgIpc) is 2.63. The van der Waals surface area contributed by atoms with Crippen molar-refractivity contribution in [3.63, 3.8) is 0 Å². The monoisotopic (exact) mass is 334 g/mol. The van der Waals surface area contributed by atoms with Gasteiger partial charge in [0.1, 0.15) is 23.7 Å². The van der Waals surface area contributed by atoms with Gasteiger partial charge in [0.2, 0.25) is 0 Å². The van der Waals surface area contributed by atoms with Gasteiger partial charge in [-0.25, -0.2) is 9.97 Å². The average molecular weight is 334 g/mol. The Balaban J connectivity index is 1.80. The highest BCUT2D eigenvalue weighted by Gasteiger charge is 2.05. The van der Waals surface area contributed by atoms with E-state index < -0.39 is 0 Å². The zero-order chi connectivity index (χ0) is 17.6. The molecule has 0 unspecified atom stereocenters. The van der Waals surface area contributed by atoms with Crippen LogP contribution in [0.4, 0.5) is 23.0 Å². The summed E-state index contributed by atoms with van der Waals surface area (Å²) in [5, 5.41) is 6.39. The highest BCUT2D eigenvalue weighted by Crippen LogP contribution is 2.27. The van der Waals surface area contributed by atoms with Crippen molar-refractivity contribution >= 4 is 28.8 Å². The van der Waals surface area contributed by atoms with E-state index in [9.17, 15) is 4.79 Å². The van der Waals surface area contributed by atoms with E-state index in [1.807, 2.05) is 36.4 Å². The third-order valence-corrected chi connectivity index (χ3v) is 3.58. The Hall–Kier alpha value is -3.41. The Labute approximate surface area is 145 Å². The molecular weight excluding hydrogens is 316 g/mol. The Morgan fingerprint density at radius 1 is 0.960 bits per heavy atom. The van der Waals surface area contributed by atoms with Crippen molar-refractivity contribution in [2.75, 3.05) is 17.7 Å². The SMILES string of the molecule is COc1ccccc1Nc1cc(Nc2cccc(C(C)=O)c2)ncn1. The first kappa shape index (κ1) is 16.4. The predicted molar refractivity (Wildman–Crippen MR) is 98.0 cm³/mol. The molecule has 2 aromatic carbocycles. The zero-order valence-corrected chi connectivity index (χ0v) is 14.0. The van der Waals surface area contributed by atoms with Crippen molar-refractivity contribution in [2.24, 2.45) is 0 Å². The second kappa shape index (κ2) is 7.44. The Morgan fingerprint density at radius 3 is 2.48 bits per heavy atom. The lowest BCUT2D eigenvalue weighted by atomic mass is 10.1. The number of hydrogen-bond acceptors (Lipinski definition) is 6. The molecule has 1 heterocycles. The number of ketones is 1. The van der Waals surface area contributed by atoms with E-state index >= 15 is 0 Å². The van der Waals surface area contributed by atoms with Crippen LogP contribution in [0.15, 0.2) is 60.9 Å². The Morgan fingerprint density at radius 2 is 1.72 bits per heavy atom. The topological polar surface area (TPSA) is 76.1 Å².